The van der Waals surface area contributed by atoms with Crippen LogP contribution in [0.25, 0.3) is 0 Å². The summed E-state index contributed by atoms with van der Waals surface area (Å²) in [6.07, 6.45) is 1.53. The lowest BCUT2D eigenvalue weighted by molar-refractivity contribution is 0.236. The van der Waals surface area contributed by atoms with Gasteiger partial charge in [-0.05, 0) is 36.8 Å². The molecule has 0 fully saturated rings. The molecule has 2 rings (SSSR count). The third kappa shape index (κ3) is 4.34. The molecule has 0 spiro atoms. The maximum Gasteiger partial charge on any atom is 0.315 e. The maximum atomic E-state index is 11.8. The van der Waals surface area contributed by atoms with Crippen molar-refractivity contribution in [3.05, 3.63) is 54.0 Å². The second-order valence-electron chi connectivity index (χ2n) is 4.74. The number of hydrogen-bond donors (Lipinski definition) is 3. The van der Waals surface area contributed by atoms with Gasteiger partial charge >= 0.3 is 6.03 Å². The fourth-order valence-corrected chi connectivity index (χ4v) is 2.37. The van der Waals surface area contributed by atoms with Crippen LogP contribution in [0.2, 0.25) is 0 Å². The van der Waals surface area contributed by atoms with Crippen molar-refractivity contribution in [1.82, 2.24) is 10.6 Å². The van der Waals surface area contributed by atoms with E-state index in [-0.39, 0.29) is 23.5 Å². The first-order valence-corrected chi connectivity index (χ1v) is 8.10. The lowest BCUT2D eigenvalue weighted by Gasteiger charge is -2.15. The second-order valence-corrected chi connectivity index (χ2v) is 6.30. The molecule has 0 aliphatic carbocycles. The number of furan rings is 1. The summed E-state index contributed by atoms with van der Waals surface area (Å²) in [6.45, 7) is 2.08. The molecular formula is C14H17N3O4S. The van der Waals surface area contributed by atoms with Crippen molar-refractivity contribution >= 4 is 16.1 Å². The van der Waals surface area contributed by atoms with Gasteiger partial charge in [-0.2, -0.15) is 0 Å². The number of carbonyl (C=O) groups excluding carboxylic acids is 1. The van der Waals surface area contributed by atoms with E-state index in [2.05, 4.69) is 10.6 Å². The van der Waals surface area contributed by atoms with Gasteiger partial charge in [0.2, 0.25) is 10.0 Å². The van der Waals surface area contributed by atoms with E-state index < -0.39 is 10.0 Å². The Labute approximate surface area is 128 Å². The van der Waals surface area contributed by atoms with Gasteiger partial charge < -0.3 is 15.1 Å². The molecule has 7 nitrogen and oxygen atoms in total. The van der Waals surface area contributed by atoms with Gasteiger partial charge in [-0.25, -0.2) is 18.4 Å². The van der Waals surface area contributed by atoms with E-state index in [9.17, 15) is 13.2 Å². The second kappa shape index (κ2) is 6.63. The molecular weight excluding hydrogens is 306 g/mol. The Morgan fingerprint density at radius 1 is 1.27 bits per heavy atom. The van der Waals surface area contributed by atoms with Gasteiger partial charge in [-0.3, -0.25) is 0 Å². The van der Waals surface area contributed by atoms with Crippen molar-refractivity contribution in [2.45, 2.75) is 24.4 Å². The minimum Gasteiger partial charge on any atom is -0.467 e. The molecule has 2 amide bonds. The van der Waals surface area contributed by atoms with Crippen molar-refractivity contribution in [1.29, 1.82) is 0 Å². The van der Waals surface area contributed by atoms with Gasteiger partial charge in [0.05, 0.1) is 23.7 Å². The fourth-order valence-electron chi connectivity index (χ4n) is 1.86. The van der Waals surface area contributed by atoms with E-state index in [1.807, 2.05) is 0 Å². The number of hydrogen-bond acceptors (Lipinski definition) is 4. The van der Waals surface area contributed by atoms with Gasteiger partial charge in [0, 0.05) is 0 Å². The summed E-state index contributed by atoms with van der Waals surface area (Å²) in [5.41, 5.74) is 0.764. The van der Waals surface area contributed by atoms with Gasteiger partial charge in [-0.1, -0.05) is 12.1 Å². The average molecular weight is 323 g/mol. The van der Waals surface area contributed by atoms with E-state index >= 15 is 0 Å². The standard InChI is InChI=1S/C14H17N3O4S/c1-10(11-4-6-13(7-5-11)22(15,19)20)17-14(18)16-9-12-3-2-8-21-12/h2-8,10H,9H2,1H3,(H2,15,19,20)(H2,16,17,18)/t10-/m1/s1. The zero-order valence-electron chi connectivity index (χ0n) is 11.9. The number of urea groups is 1. The first-order chi connectivity index (χ1) is 10.4. The van der Waals surface area contributed by atoms with Crippen molar-refractivity contribution in [3.63, 3.8) is 0 Å². The molecule has 1 aromatic carbocycles. The van der Waals surface area contributed by atoms with Crippen LogP contribution in [0.5, 0.6) is 0 Å². The Morgan fingerprint density at radius 2 is 1.95 bits per heavy atom. The Kier molecular flexibility index (Phi) is 4.84. The highest BCUT2D eigenvalue weighted by molar-refractivity contribution is 7.89. The van der Waals surface area contributed by atoms with Gasteiger partial charge in [-0.15, -0.1) is 0 Å². The molecule has 22 heavy (non-hydrogen) atoms. The van der Waals surface area contributed by atoms with E-state index in [0.29, 0.717) is 5.76 Å². The third-order valence-electron chi connectivity index (χ3n) is 3.06. The average Bonchev–Trinajstić information content (AvgIpc) is 2.97. The molecule has 0 radical (unpaired) electrons. The van der Waals surface area contributed by atoms with Gasteiger partial charge in [0.25, 0.3) is 0 Å². The molecule has 8 heteroatoms. The van der Waals surface area contributed by atoms with Crippen LogP contribution in [0.4, 0.5) is 4.79 Å². The smallest absolute Gasteiger partial charge is 0.315 e. The summed E-state index contributed by atoms with van der Waals surface area (Å²) in [6, 6.07) is 8.90. The summed E-state index contributed by atoms with van der Waals surface area (Å²) in [4.78, 5) is 11.8. The largest absolute Gasteiger partial charge is 0.467 e. The van der Waals surface area contributed by atoms with Gasteiger partial charge in [0.15, 0.2) is 0 Å². The Bertz CT molecular complexity index is 724. The fraction of sp³-hybridized carbons (Fsp3) is 0.214. The van der Waals surface area contributed by atoms with Crippen LogP contribution in [-0.2, 0) is 16.6 Å². The number of carbonyl (C=O) groups is 1. The van der Waals surface area contributed by atoms with Crippen LogP contribution in [0.3, 0.4) is 0 Å². The number of rotatable bonds is 5. The van der Waals surface area contributed by atoms with Crippen LogP contribution < -0.4 is 15.8 Å². The zero-order valence-corrected chi connectivity index (χ0v) is 12.8. The number of nitrogens with one attached hydrogen (secondary N) is 2. The van der Waals surface area contributed by atoms with Crippen LogP contribution >= 0.6 is 0 Å². The Hall–Kier alpha value is -2.32. The van der Waals surface area contributed by atoms with E-state index in [1.165, 1.54) is 18.4 Å². The Morgan fingerprint density at radius 3 is 2.50 bits per heavy atom. The summed E-state index contributed by atoms with van der Waals surface area (Å²) in [5, 5.41) is 10.4. The Balaban J connectivity index is 1.91. The van der Waals surface area contributed by atoms with Gasteiger partial charge in [0.1, 0.15) is 5.76 Å². The number of amides is 2. The summed E-state index contributed by atoms with van der Waals surface area (Å²) in [5.74, 6) is 0.653. The minimum absolute atomic E-state index is 0.0331. The lowest BCUT2D eigenvalue weighted by Crippen LogP contribution is -2.36. The first kappa shape index (κ1) is 16.1. The molecule has 1 aromatic heterocycles. The molecule has 0 bridgehead atoms. The highest BCUT2D eigenvalue weighted by atomic mass is 32.2. The number of sulfonamides is 1. The lowest BCUT2D eigenvalue weighted by atomic mass is 10.1. The molecule has 0 saturated carbocycles. The minimum atomic E-state index is -3.71. The highest BCUT2D eigenvalue weighted by Crippen LogP contribution is 2.15. The molecule has 0 aliphatic heterocycles. The molecule has 118 valence electrons. The molecule has 0 saturated heterocycles. The number of benzene rings is 1. The predicted octanol–water partition coefficient (Wildman–Crippen LogP) is 1.49. The SMILES string of the molecule is C[C@@H](NC(=O)NCc1ccco1)c1ccc(S(N)(=O)=O)cc1. The highest BCUT2D eigenvalue weighted by Gasteiger charge is 2.12. The van der Waals surface area contributed by atoms with Crippen molar-refractivity contribution in [2.75, 3.05) is 0 Å². The first-order valence-electron chi connectivity index (χ1n) is 6.56. The predicted molar refractivity (Wildman–Crippen MR) is 80.3 cm³/mol. The number of primary sulfonamides is 1. The maximum absolute atomic E-state index is 11.8. The molecule has 2 aromatic rings. The van der Waals surface area contributed by atoms with Crippen LogP contribution in [0, 0.1) is 0 Å². The number of nitrogens with two attached hydrogens (primary N) is 1. The third-order valence-corrected chi connectivity index (χ3v) is 3.99. The van der Waals surface area contributed by atoms with Crippen molar-refractivity contribution in [2.24, 2.45) is 5.14 Å². The molecule has 0 unspecified atom stereocenters. The summed E-state index contributed by atoms with van der Waals surface area (Å²) in [7, 11) is -3.71. The van der Waals surface area contributed by atoms with Crippen LogP contribution in [-0.4, -0.2) is 14.4 Å². The zero-order chi connectivity index (χ0) is 16.2. The summed E-state index contributed by atoms with van der Waals surface area (Å²) >= 11 is 0. The molecule has 4 N–H and O–H groups in total. The summed E-state index contributed by atoms with van der Waals surface area (Å²) < 4.78 is 27.5. The quantitative estimate of drug-likeness (QED) is 0.773. The van der Waals surface area contributed by atoms with Crippen molar-refractivity contribution < 1.29 is 17.6 Å². The van der Waals surface area contributed by atoms with E-state index in [1.54, 1.807) is 31.2 Å². The van der Waals surface area contributed by atoms with Crippen molar-refractivity contribution in [3.8, 4) is 0 Å². The van der Waals surface area contributed by atoms with E-state index in [4.69, 9.17) is 9.56 Å². The molecule has 0 aliphatic rings. The van der Waals surface area contributed by atoms with Crippen LogP contribution in [0.15, 0.2) is 52.0 Å². The monoisotopic (exact) mass is 323 g/mol. The topological polar surface area (TPSA) is 114 Å². The van der Waals surface area contributed by atoms with Crippen LogP contribution in [0.1, 0.15) is 24.3 Å². The normalized spacial score (nSPS) is 12.6. The van der Waals surface area contributed by atoms with E-state index in [0.717, 1.165) is 5.56 Å². The molecule has 1 atom stereocenters. The molecule has 1 heterocycles.